The Bertz CT molecular complexity index is 1020. The highest BCUT2D eigenvalue weighted by atomic mass is 16.5. The van der Waals surface area contributed by atoms with Crippen LogP contribution in [0.1, 0.15) is 42.1 Å². The summed E-state index contributed by atoms with van der Waals surface area (Å²) in [6, 6.07) is 22.2. The molecule has 3 aromatic rings. The van der Waals surface area contributed by atoms with Gasteiger partial charge in [-0.25, -0.2) is 0 Å². The number of aromatic nitrogens is 1. The van der Waals surface area contributed by atoms with Crippen molar-refractivity contribution in [3.8, 4) is 5.75 Å². The van der Waals surface area contributed by atoms with Gasteiger partial charge in [-0.15, -0.1) is 0 Å². The van der Waals surface area contributed by atoms with Crippen molar-refractivity contribution in [2.24, 2.45) is 0 Å². The van der Waals surface area contributed by atoms with Crippen LogP contribution in [-0.2, 0) is 22.7 Å². The second-order valence-corrected chi connectivity index (χ2v) is 7.83. The molecule has 2 aromatic carbocycles. The molecule has 0 aliphatic carbocycles. The van der Waals surface area contributed by atoms with E-state index in [-0.39, 0.29) is 11.8 Å². The molecule has 1 aromatic heterocycles. The zero-order valence-corrected chi connectivity index (χ0v) is 17.9. The van der Waals surface area contributed by atoms with Gasteiger partial charge < -0.3 is 15.0 Å². The molecule has 6 nitrogen and oxygen atoms in total. The van der Waals surface area contributed by atoms with Crippen LogP contribution in [0, 0.1) is 0 Å². The van der Waals surface area contributed by atoms with Gasteiger partial charge in [-0.3, -0.25) is 14.6 Å². The number of rotatable bonds is 8. The summed E-state index contributed by atoms with van der Waals surface area (Å²) in [5.74, 6) is 0.614. The van der Waals surface area contributed by atoms with E-state index in [9.17, 15) is 9.59 Å². The van der Waals surface area contributed by atoms with Crippen LogP contribution in [0.2, 0.25) is 0 Å². The van der Waals surface area contributed by atoms with Gasteiger partial charge in [0.2, 0.25) is 11.8 Å². The number of carbonyl (C=O) groups excluding carboxylic acids is 2. The second kappa shape index (κ2) is 10.6. The molecule has 1 aliphatic rings. The van der Waals surface area contributed by atoms with E-state index in [1.807, 2.05) is 72.8 Å². The van der Waals surface area contributed by atoms with Crippen molar-refractivity contribution < 1.29 is 14.3 Å². The lowest BCUT2D eigenvalue weighted by Gasteiger charge is -2.34. The van der Waals surface area contributed by atoms with Crippen LogP contribution < -0.4 is 10.1 Å². The summed E-state index contributed by atoms with van der Waals surface area (Å²) in [7, 11) is 0. The van der Waals surface area contributed by atoms with Gasteiger partial charge in [-0.05, 0) is 48.2 Å². The summed E-state index contributed by atoms with van der Waals surface area (Å²) in [6.07, 6.45) is 4.04. The number of carbonyl (C=O) groups is 2. The summed E-state index contributed by atoms with van der Waals surface area (Å²) in [4.78, 5) is 31.6. The van der Waals surface area contributed by atoms with Gasteiger partial charge in [0.25, 0.3) is 0 Å². The minimum Gasteiger partial charge on any atom is -0.487 e. The van der Waals surface area contributed by atoms with Crippen molar-refractivity contribution >= 4 is 11.8 Å². The highest BCUT2D eigenvalue weighted by Crippen LogP contribution is 2.26. The second-order valence-electron chi connectivity index (χ2n) is 7.83. The van der Waals surface area contributed by atoms with Gasteiger partial charge in [-0.2, -0.15) is 0 Å². The van der Waals surface area contributed by atoms with Crippen molar-refractivity contribution in [3.63, 3.8) is 0 Å². The minimum atomic E-state index is -0.607. The van der Waals surface area contributed by atoms with Gasteiger partial charge in [-0.1, -0.05) is 48.5 Å². The van der Waals surface area contributed by atoms with Crippen LogP contribution in [0.4, 0.5) is 0 Å². The Balaban J connectivity index is 1.38. The van der Waals surface area contributed by atoms with Crippen LogP contribution in [0.3, 0.4) is 0 Å². The van der Waals surface area contributed by atoms with Crippen molar-refractivity contribution in [3.05, 3.63) is 95.8 Å². The number of ether oxygens (including phenoxy) is 1. The smallest absolute Gasteiger partial charge is 0.247 e. The number of amides is 2. The maximum Gasteiger partial charge on any atom is 0.247 e. The Morgan fingerprint density at radius 3 is 2.50 bits per heavy atom. The lowest BCUT2D eigenvalue weighted by Crippen LogP contribution is -2.45. The zero-order valence-electron chi connectivity index (χ0n) is 17.9. The molecule has 164 valence electrons. The van der Waals surface area contributed by atoms with E-state index in [1.54, 1.807) is 11.1 Å². The first-order valence-electron chi connectivity index (χ1n) is 10.9. The minimum absolute atomic E-state index is 0.0367. The van der Waals surface area contributed by atoms with E-state index in [2.05, 4.69) is 10.3 Å². The molecule has 2 heterocycles. The molecule has 4 rings (SSSR count). The highest BCUT2D eigenvalue weighted by Gasteiger charge is 2.32. The Labute approximate surface area is 188 Å². The van der Waals surface area contributed by atoms with Crippen LogP contribution >= 0.6 is 0 Å². The van der Waals surface area contributed by atoms with E-state index in [0.717, 1.165) is 35.4 Å². The quantitative estimate of drug-likeness (QED) is 0.587. The summed E-state index contributed by atoms with van der Waals surface area (Å²) in [6.45, 7) is 1.39. The van der Waals surface area contributed by atoms with Gasteiger partial charge in [0.05, 0.1) is 5.69 Å². The third kappa shape index (κ3) is 5.52. The van der Waals surface area contributed by atoms with Crippen molar-refractivity contribution in [2.75, 3.05) is 6.54 Å². The first kappa shape index (κ1) is 21.6. The molecule has 2 amide bonds. The lowest BCUT2D eigenvalue weighted by atomic mass is 10.0. The van der Waals surface area contributed by atoms with E-state index < -0.39 is 6.04 Å². The normalized spacial score (nSPS) is 14.6. The lowest BCUT2D eigenvalue weighted by molar-refractivity contribution is -0.142. The average molecular weight is 430 g/mol. The molecule has 1 aliphatic heterocycles. The van der Waals surface area contributed by atoms with Crippen LogP contribution in [0.15, 0.2) is 79.0 Å². The molecule has 0 saturated carbocycles. The standard InChI is InChI=1S/C26H27N3O3/c30-24-11-5-7-17-29(24)25(21-8-2-1-3-9-21)26(31)28-18-20-12-14-23(15-13-20)32-19-22-10-4-6-16-27-22/h1-4,6,8-10,12-16,25H,5,7,11,17-19H2,(H,28,31). The average Bonchev–Trinajstić information content (AvgIpc) is 2.85. The molecule has 1 atom stereocenters. The molecule has 1 N–H and O–H groups in total. The van der Waals surface area contributed by atoms with E-state index in [0.29, 0.717) is 26.1 Å². The molecule has 1 unspecified atom stereocenters. The molecular weight excluding hydrogens is 402 g/mol. The zero-order chi connectivity index (χ0) is 22.2. The predicted molar refractivity (Wildman–Crippen MR) is 122 cm³/mol. The highest BCUT2D eigenvalue weighted by molar-refractivity contribution is 5.89. The number of hydrogen-bond donors (Lipinski definition) is 1. The van der Waals surface area contributed by atoms with Crippen molar-refractivity contribution in [2.45, 2.75) is 38.5 Å². The summed E-state index contributed by atoms with van der Waals surface area (Å²) in [5.41, 5.74) is 2.65. The van der Waals surface area contributed by atoms with E-state index in [4.69, 9.17) is 4.74 Å². The predicted octanol–water partition coefficient (Wildman–Crippen LogP) is 4.03. The van der Waals surface area contributed by atoms with Crippen LogP contribution in [0.25, 0.3) is 0 Å². The van der Waals surface area contributed by atoms with E-state index in [1.165, 1.54) is 0 Å². The Morgan fingerprint density at radius 1 is 1.00 bits per heavy atom. The van der Waals surface area contributed by atoms with E-state index >= 15 is 0 Å². The van der Waals surface area contributed by atoms with Gasteiger partial charge >= 0.3 is 0 Å². The number of piperidine rings is 1. The topological polar surface area (TPSA) is 71.5 Å². The number of pyridine rings is 1. The summed E-state index contributed by atoms with van der Waals surface area (Å²) < 4.78 is 5.77. The summed E-state index contributed by atoms with van der Waals surface area (Å²) >= 11 is 0. The number of nitrogens with zero attached hydrogens (tertiary/aromatic N) is 2. The number of likely N-dealkylation sites (tertiary alicyclic amines) is 1. The number of nitrogens with one attached hydrogen (secondary N) is 1. The summed E-state index contributed by atoms with van der Waals surface area (Å²) in [5, 5.41) is 3.01. The monoisotopic (exact) mass is 429 g/mol. The number of benzene rings is 2. The fourth-order valence-electron chi connectivity index (χ4n) is 3.84. The fourth-order valence-corrected chi connectivity index (χ4v) is 3.84. The van der Waals surface area contributed by atoms with Crippen LogP contribution in [0.5, 0.6) is 5.75 Å². The van der Waals surface area contributed by atoms with Gasteiger partial charge in [0.15, 0.2) is 0 Å². The fraction of sp³-hybridized carbons (Fsp3) is 0.269. The molecule has 1 saturated heterocycles. The molecule has 0 radical (unpaired) electrons. The maximum absolute atomic E-state index is 13.2. The van der Waals surface area contributed by atoms with Crippen molar-refractivity contribution in [1.82, 2.24) is 15.2 Å². The SMILES string of the molecule is O=C(NCc1ccc(OCc2ccccn2)cc1)C(c1ccccc1)N1CCCCC1=O. The first-order valence-corrected chi connectivity index (χ1v) is 10.9. The third-order valence-corrected chi connectivity index (χ3v) is 5.54. The largest absolute Gasteiger partial charge is 0.487 e. The molecule has 32 heavy (non-hydrogen) atoms. The Kier molecular flexibility index (Phi) is 7.12. The molecule has 0 spiro atoms. The third-order valence-electron chi connectivity index (χ3n) is 5.54. The molecule has 1 fully saturated rings. The molecule has 0 bridgehead atoms. The molecule has 6 heteroatoms. The Hall–Kier alpha value is -3.67. The van der Waals surface area contributed by atoms with Gasteiger partial charge in [0, 0.05) is 25.7 Å². The van der Waals surface area contributed by atoms with Crippen LogP contribution in [-0.4, -0.2) is 28.2 Å². The van der Waals surface area contributed by atoms with Crippen molar-refractivity contribution in [1.29, 1.82) is 0 Å². The Morgan fingerprint density at radius 2 is 1.78 bits per heavy atom. The molecular formula is C26H27N3O3. The first-order chi connectivity index (χ1) is 15.7. The number of hydrogen-bond acceptors (Lipinski definition) is 4. The van der Waals surface area contributed by atoms with Gasteiger partial charge in [0.1, 0.15) is 18.4 Å². The maximum atomic E-state index is 13.2.